The molecular weight excluding hydrogens is 985 g/mol. The number of carbonyl (C=O) groups is 10. The molecule has 0 spiro atoms. The van der Waals surface area contributed by atoms with E-state index in [4.69, 9.17) is 34.4 Å². The first-order chi connectivity index (χ1) is 35.9. The molecule has 1 aliphatic heterocycles. The lowest BCUT2D eigenvalue weighted by Gasteiger charge is -2.34. The summed E-state index contributed by atoms with van der Waals surface area (Å²) in [5.41, 5.74) is 35.8. The van der Waals surface area contributed by atoms with Gasteiger partial charge < -0.3 is 65.9 Å². The molecular formula is C50H76N16O10. The molecule has 26 heteroatoms. The Morgan fingerprint density at radius 3 is 1.70 bits per heavy atom. The number of amides is 10. The predicted molar refractivity (Wildman–Crippen MR) is 283 cm³/mol. The normalized spacial score (nSPS) is 15.7. The fourth-order valence-corrected chi connectivity index (χ4v) is 7.90. The van der Waals surface area contributed by atoms with E-state index < -0.39 is 101 Å². The highest BCUT2D eigenvalue weighted by molar-refractivity contribution is 6.07. The van der Waals surface area contributed by atoms with Crippen LogP contribution in [0.1, 0.15) is 97.1 Å². The second-order valence-corrected chi connectivity index (χ2v) is 18.6. The molecule has 18 N–H and O–H groups in total. The van der Waals surface area contributed by atoms with E-state index in [0.29, 0.717) is 22.6 Å². The SMILES string of the molecule is C[C@H](NC(=O)CCCCc1ccccc1)C(=O)N[C@@H](CCCN=C(N)N)C(=O)N[C@@H](C)C(=O)N(C(=O)[C@H](C)N1CC[C@@H](N)C1=O)[C@@H](C)C(=O)N[C@@H](CCCN=C(N)N)C(=O)N[C@@H](C)C(=O)NC(=O)Cc1ccc(N)cc1. The highest BCUT2D eigenvalue weighted by Gasteiger charge is 2.43. The molecule has 10 amide bonds. The molecule has 1 aliphatic rings. The van der Waals surface area contributed by atoms with Crippen LogP contribution in [0.5, 0.6) is 0 Å². The van der Waals surface area contributed by atoms with Crippen molar-refractivity contribution in [1.82, 2.24) is 41.7 Å². The Labute approximate surface area is 442 Å². The first kappa shape index (κ1) is 62.1. The lowest BCUT2D eigenvalue weighted by atomic mass is 10.1. The van der Waals surface area contributed by atoms with Crippen molar-refractivity contribution in [3.63, 3.8) is 0 Å². The van der Waals surface area contributed by atoms with Crippen molar-refractivity contribution in [2.75, 3.05) is 25.4 Å². The number of anilines is 1. The second kappa shape index (κ2) is 30.9. The van der Waals surface area contributed by atoms with Crippen molar-refractivity contribution in [3.8, 4) is 0 Å². The van der Waals surface area contributed by atoms with Gasteiger partial charge in [-0.3, -0.25) is 68.1 Å². The van der Waals surface area contributed by atoms with Crippen LogP contribution in [0.15, 0.2) is 64.6 Å². The maximum atomic E-state index is 14.6. The lowest BCUT2D eigenvalue weighted by molar-refractivity contribution is -0.157. The third-order valence-electron chi connectivity index (χ3n) is 12.3. The number of nitrogens with zero attached hydrogens (tertiary/aromatic N) is 4. The van der Waals surface area contributed by atoms with Crippen LogP contribution in [0.3, 0.4) is 0 Å². The fourth-order valence-electron chi connectivity index (χ4n) is 7.90. The summed E-state index contributed by atoms with van der Waals surface area (Å²) in [6, 6.07) is 5.40. The summed E-state index contributed by atoms with van der Waals surface area (Å²) in [6.45, 7) is 6.62. The molecule has 0 saturated carbocycles. The Bertz CT molecular complexity index is 2410. The molecule has 1 heterocycles. The van der Waals surface area contributed by atoms with Gasteiger partial charge in [-0.2, -0.15) is 0 Å². The zero-order valence-electron chi connectivity index (χ0n) is 43.8. The Balaban J connectivity index is 1.84. The maximum Gasteiger partial charge on any atom is 0.252 e. The van der Waals surface area contributed by atoms with Gasteiger partial charge in [0.15, 0.2) is 11.9 Å². The topological polar surface area (TPSA) is 430 Å². The van der Waals surface area contributed by atoms with Gasteiger partial charge in [-0.15, -0.1) is 0 Å². The Morgan fingerprint density at radius 2 is 1.16 bits per heavy atom. The largest absolute Gasteiger partial charge is 0.399 e. The van der Waals surface area contributed by atoms with Crippen LogP contribution in [0.4, 0.5) is 5.69 Å². The summed E-state index contributed by atoms with van der Waals surface area (Å²) in [7, 11) is 0. The Hall–Kier alpha value is -8.16. The van der Waals surface area contributed by atoms with E-state index in [9.17, 15) is 47.9 Å². The summed E-state index contributed by atoms with van der Waals surface area (Å²) in [5.74, 6) is -8.67. The molecule has 0 bridgehead atoms. The van der Waals surface area contributed by atoms with Crippen molar-refractivity contribution in [1.29, 1.82) is 0 Å². The molecule has 0 unspecified atom stereocenters. The quantitative estimate of drug-likeness (QED) is 0.0169. The number of carbonyl (C=O) groups excluding carboxylic acids is 10. The van der Waals surface area contributed by atoms with Crippen LogP contribution in [-0.4, -0.2) is 149 Å². The van der Waals surface area contributed by atoms with Gasteiger partial charge in [-0.1, -0.05) is 42.5 Å². The zero-order valence-corrected chi connectivity index (χ0v) is 43.8. The summed E-state index contributed by atoms with van der Waals surface area (Å²) in [4.78, 5) is 146. The monoisotopic (exact) mass is 1060 g/mol. The number of hydrogen-bond acceptors (Lipinski definition) is 14. The number of likely N-dealkylation sites (tertiary alicyclic amines) is 1. The van der Waals surface area contributed by atoms with Crippen LogP contribution in [-0.2, 0) is 60.8 Å². The number of aryl methyl sites for hydroxylation is 1. The average molecular weight is 1060 g/mol. The molecule has 1 fully saturated rings. The number of imide groups is 2. The van der Waals surface area contributed by atoms with Gasteiger partial charge in [0.05, 0.1) is 12.5 Å². The molecule has 416 valence electrons. The van der Waals surface area contributed by atoms with Gasteiger partial charge in [0, 0.05) is 31.7 Å². The van der Waals surface area contributed by atoms with Crippen LogP contribution in [0, 0.1) is 0 Å². The maximum absolute atomic E-state index is 14.6. The zero-order chi connectivity index (χ0) is 56.6. The minimum Gasteiger partial charge on any atom is -0.399 e. The molecule has 0 radical (unpaired) electrons. The van der Waals surface area contributed by atoms with Crippen molar-refractivity contribution in [3.05, 3.63) is 65.7 Å². The van der Waals surface area contributed by atoms with Gasteiger partial charge in [-0.05, 0) is 109 Å². The van der Waals surface area contributed by atoms with Gasteiger partial charge in [-0.25, -0.2) is 0 Å². The van der Waals surface area contributed by atoms with Crippen LogP contribution >= 0.6 is 0 Å². The van der Waals surface area contributed by atoms with Crippen molar-refractivity contribution >= 4 is 76.7 Å². The number of nitrogens with two attached hydrogens (primary N) is 6. The predicted octanol–water partition coefficient (Wildman–Crippen LogP) is -2.85. The van der Waals surface area contributed by atoms with E-state index in [1.165, 1.54) is 34.6 Å². The summed E-state index contributed by atoms with van der Waals surface area (Å²) < 4.78 is 0. The highest BCUT2D eigenvalue weighted by atomic mass is 16.2. The van der Waals surface area contributed by atoms with E-state index in [-0.39, 0.29) is 82.4 Å². The molecule has 0 aromatic heterocycles. The summed E-state index contributed by atoms with van der Waals surface area (Å²) in [5, 5.41) is 15.0. The number of guanidine groups is 2. The standard InChI is InChI=1S/C50H76N16O10/c1-28(59-39(67)18-10-9-15-33-13-7-6-8-14-33)41(69)62-37(16-11-24-57-49(53)54)45(73)61-30(3)46(74)66(47(75)32(5)65-26-23-36(52)48(65)76)31(4)43(71)63-38(17-12-25-58-50(55)56)44(72)60-29(2)42(70)64-40(68)27-34-19-21-35(51)22-20-34/h6-8,13-14,19-22,28-32,36-38H,9-12,15-18,23-27,51-52H2,1-5H3,(H,59,67)(H,60,72)(H,61,73)(H,62,69)(H,63,71)(H4,53,54,57)(H4,55,56,58)(H,64,68,70)/t28-,29-,30-,31-,32-,36+,37-,38-/m0/s1. The molecule has 26 nitrogen and oxygen atoms in total. The number of nitrogens with one attached hydrogen (secondary N) is 6. The molecule has 2 aromatic rings. The van der Waals surface area contributed by atoms with E-state index in [1.807, 2.05) is 30.3 Å². The molecule has 3 rings (SSSR count). The molecule has 1 saturated heterocycles. The minimum atomic E-state index is -1.73. The number of benzene rings is 2. The van der Waals surface area contributed by atoms with Gasteiger partial charge >= 0.3 is 0 Å². The van der Waals surface area contributed by atoms with Crippen molar-refractivity contribution in [2.45, 2.75) is 147 Å². The van der Waals surface area contributed by atoms with Crippen molar-refractivity contribution < 1.29 is 47.9 Å². The van der Waals surface area contributed by atoms with Gasteiger partial charge in [0.1, 0.15) is 42.3 Å². The number of rotatable bonds is 29. The highest BCUT2D eigenvalue weighted by Crippen LogP contribution is 2.18. The number of hydrogen-bond donors (Lipinski definition) is 12. The van der Waals surface area contributed by atoms with Crippen molar-refractivity contribution in [2.24, 2.45) is 38.7 Å². The summed E-state index contributed by atoms with van der Waals surface area (Å²) >= 11 is 0. The first-order valence-corrected chi connectivity index (χ1v) is 25.2. The Kier molecular flexibility index (Phi) is 25.3. The third-order valence-corrected chi connectivity index (χ3v) is 12.3. The third kappa shape index (κ3) is 20.6. The fraction of sp³-hybridized carbons (Fsp3) is 0.520. The van der Waals surface area contributed by atoms with E-state index >= 15 is 0 Å². The lowest BCUT2D eigenvalue weighted by Crippen LogP contribution is -2.62. The number of unbranched alkanes of at least 4 members (excludes halogenated alkanes) is 1. The van der Waals surface area contributed by atoms with Crippen LogP contribution in [0.2, 0.25) is 0 Å². The van der Waals surface area contributed by atoms with Gasteiger partial charge in [0.25, 0.3) is 11.8 Å². The van der Waals surface area contributed by atoms with E-state index in [0.717, 1.165) is 23.3 Å². The smallest absolute Gasteiger partial charge is 0.252 e. The van der Waals surface area contributed by atoms with Crippen LogP contribution in [0.25, 0.3) is 0 Å². The van der Waals surface area contributed by atoms with E-state index in [2.05, 4.69) is 41.9 Å². The Morgan fingerprint density at radius 1 is 0.618 bits per heavy atom. The molecule has 8 atom stereocenters. The first-order valence-electron chi connectivity index (χ1n) is 25.2. The number of aliphatic imine (C=N–C) groups is 2. The molecule has 76 heavy (non-hydrogen) atoms. The number of nitrogen functional groups attached to an aromatic ring is 1. The molecule has 2 aromatic carbocycles. The van der Waals surface area contributed by atoms with E-state index in [1.54, 1.807) is 24.3 Å². The van der Waals surface area contributed by atoms with Crippen LogP contribution < -0.4 is 66.3 Å². The second-order valence-electron chi connectivity index (χ2n) is 18.6. The average Bonchev–Trinajstić information content (AvgIpc) is 3.70. The summed E-state index contributed by atoms with van der Waals surface area (Å²) in [6.07, 6.45) is 2.33. The molecule has 0 aliphatic carbocycles. The van der Waals surface area contributed by atoms with Gasteiger partial charge in [0.2, 0.25) is 47.3 Å². The minimum absolute atomic E-state index is 0.00982.